The summed E-state index contributed by atoms with van der Waals surface area (Å²) >= 11 is 5.77. The van der Waals surface area contributed by atoms with Gasteiger partial charge in [-0.2, -0.15) is 21.6 Å². The molecule has 0 saturated heterocycles. The van der Waals surface area contributed by atoms with Crippen LogP contribution >= 0.6 is 11.6 Å². The molecule has 0 amide bonds. The van der Waals surface area contributed by atoms with Crippen LogP contribution in [0.25, 0.3) is 10.8 Å². The summed E-state index contributed by atoms with van der Waals surface area (Å²) in [4.78, 5) is 12.7. The van der Waals surface area contributed by atoms with E-state index in [4.69, 9.17) is 21.1 Å². The third-order valence-corrected chi connectivity index (χ3v) is 5.33. The molecule has 0 spiro atoms. The highest BCUT2D eigenvalue weighted by atomic mass is 35.5. The molecule has 0 bridgehead atoms. The molecule has 0 saturated carbocycles. The Morgan fingerprint density at radius 1 is 1.16 bits per heavy atom. The van der Waals surface area contributed by atoms with Crippen LogP contribution in [0.15, 0.2) is 18.2 Å². The largest absolute Gasteiger partial charge is 0.534 e. The fourth-order valence-corrected chi connectivity index (χ4v) is 3.55. The summed E-state index contributed by atoms with van der Waals surface area (Å²) in [5.41, 5.74) is -7.00. The Hall–Kier alpha value is -2.11. The van der Waals surface area contributed by atoms with Gasteiger partial charge in [0.25, 0.3) is 0 Å². The first-order chi connectivity index (χ1) is 14.5. The van der Waals surface area contributed by atoms with Gasteiger partial charge in [-0.1, -0.05) is 17.7 Å². The predicted octanol–water partition coefficient (Wildman–Crippen LogP) is 5.59. The first-order valence-electron chi connectivity index (χ1n) is 9.26. The highest BCUT2D eigenvalue weighted by Crippen LogP contribution is 2.43. The van der Waals surface area contributed by atoms with E-state index in [1.54, 1.807) is 20.8 Å². The monoisotopic (exact) mass is 500 g/mol. The van der Waals surface area contributed by atoms with Gasteiger partial charge in [0, 0.05) is 10.9 Å². The minimum atomic E-state index is -6.18. The number of hydrogen-bond donors (Lipinski definition) is 0. The lowest BCUT2D eigenvalue weighted by Crippen LogP contribution is -2.31. The Bertz CT molecular complexity index is 1140. The molecule has 0 N–H and O–H groups in total. The lowest BCUT2D eigenvalue weighted by molar-refractivity contribution is -0.167. The number of halogens is 5. The minimum Gasteiger partial charge on any atom is -0.464 e. The van der Waals surface area contributed by atoms with Gasteiger partial charge in [-0.3, -0.25) is 0 Å². The second-order valence-corrected chi connectivity index (χ2v) is 9.71. The van der Waals surface area contributed by atoms with E-state index in [0.717, 1.165) is 12.1 Å². The number of aryl methyl sites for hydroxylation is 1. The summed E-state index contributed by atoms with van der Waals surface area (Å²) in [6.07, 6.45) is -1.67. The number of benzene rings is 2. The van der Waals surface area contributed by atoms with Gasteiger partial charge >= 0.3 is 21.6 Å². The normalized spacial score (nSPS) is 13.8. The summed E-state index contributed by atoms with van der Waals surface area (Å²) in [6, 6.07) is 3.21. The summed E-state index contributed by atoms with van der Waals surface area (Å²) < 4.78 is 92.4. The Morgan fingerprint density at radius 3 is 2.25 bits per heavy atom. The summed E-state index contributed by atoms with van der Waals surface area (Å²) in [6.45, 7) is 7.53. The van der Waals surface area contributed by atoms with Crippen LogP contribution < -0.4 is 4.18 Å². The first kappa shape index (κ1) is 26.1. The lowest BCUT2D eigenvalue weighted by atomic mass is 9.95. The molecule has 12 heteroatoms. The van der Waals surface area contributed by atoms with E-state index in [9.17, 15) is 30.8 Å². The molecule has 0 unspecified atom stereocenters. The van der Waals surface area contributed by atoms with E-state index in [0.29, 0.717) is 0 Å². The molecule has 0 heterocycles. The zero-order valence-electron chi connectivity index (χ0n) is 17.8. The number of hydrogen-bond acceptors (Lipinski definition) is 6. The Kier molecular flexibility index (Phi) is 7.38. The molecule has 2 rings (SSSR count). The van der Waals surface area contributed by atoms with E-state index in [1.165, 1.54) is 19.9 Å². The van der Waals surface area contributed by atoms with Crippen molar-refractivity contribution < 1.29 is 44.4 Å². The number of rotatable bonds is 6. The standard InChI is InChI=1S/C20H21ClF4O6S/c1-6-29-18(26)17(30-19(3,4)5)15-10(2)7-11-8-13(21)14(22)9-12(11)16(15)31-32(27,28)20(23,24)25/h7-9,17H,6H2,1-5H3/t17-/m0/s1. The van der Waals surface area contributed by atoms with E-state index in [-0.39, 0.29) is 33.5 Å². The molecule has 0 aliphatic carbocycles. The second-order valence-electron chi connectivity index (χ2n) is 7.77. The van der Waals surface area contributed by atoms with Crippen LogP contribution in [0.5, 0.6) is 5.75 Å². The Morgan fingerprint density at radius 2 is 1.75 bits per heavy atom. The minimum absolute atomic E-state index is 0.0865. The molecule has 0 fully saturated rings. The number of alkyl halides is 3. The molecule has 0 aliphatic heterocycles. The number of carbonyl (C=O) groups excluding carboxylic acids is 1. The molecule has 0 aromatic heterocycles. The van der Waals surface area contributed by atoms with Gasteiger partial charge in [-0.25, -0.2) is 9.18 Å². The van der Waals surface area contributed by atoms with Gasteiger partial charge in [0.2, 0.25) is 0 Å². The Labute approximate surface area is 187 Å². The molecule has 0 aliphatic rings. The van der Waals surface area contributed by atoms with Gasteiger partial charge in [-0.15, -0.1) is 0 Å². The molecular formula is C20H21ClF4O6S. The van der Waals surface area contributed by atoms with Crippen molar-refractivity contribution in [3.8, 4) is 5.75 Å². The van der Waals surface area contributed by atoms with Crippen LogP contribution in [0, 0.1) is 12.7 Å². The molecule has 2 aromatic rings. The van der Waals surface area contributed by atoms with E-state index in [1.807, 2.05) is 0 Å². The average molecular weight is 501 g/mol. The molecule has 178 valence electrons. The molecule has 6 nitrogen and oxygen atoms in total. The number of esters is 1. The van der Waals surface area contributed by atoms with Crippen molar-refractivity contribution in [2.24, 2.45) is 0 Å². The SMILES string of the molecule is CCOC(=O)[C@@H](OC(C)(C)C)c1c(C)cc2cc(Cl)c(F)cc2c1OS(=O)(=O)C(F)(F)F. The van der Waals surface area contributed by atoms with Crippen LogP contribution in [-0.2, 0) is 24.4 Å². The zero-order chi connectivity index (χ0) is 24.6. The molecule has 1 atom stereocenters. The summed E-state index contributed by atoms with van der Waals surface area (Å²) in [5.74, 6) is -2.93. The zero-order valence-corrected chi connectivity index (χ0v) is 19.3. The van der Waals surface area contributed by atoms with Crippen molar-refractivity contribution >= 4 is 38.5 Å². The number of fused-ring (bicyclic) bond motifs is 1. The third-order valence-electron chi connectivity index (χ3n) is 4.09. The van der Waals surface area contributed by atoms with Gasteiger partial charge in [-0.05, 0) is 57.7 Å². The van der Waals surface area contributed by atoms with Gasteiger partial charge in [0.1, 0.15) is 5.82 Å². The van der Waals surface area contributed by atoms with Crippen LogP contribution in [0.4, 0.5) is 17.6 Å². The smallest absolute Gasteiger partial charge is 0.464 e. The molecule has 0 radical (unpaired) electrons. The second kappa shape index (κ2) is 9.03. The highest BCUT2D eigenvalue weighted by Gasteiger charge is 2.49. The van der Waals surface area contributed by atoms with Crippen LogP contribution in [0.3, 0.4) is 0 Å². The number of carbonyl (C=O) groups is 1. The van der Waals surface area contributed by atoms with Crippen LogP contribution in [0.2, 0.25) is 5.02 Å². The maximum atomic E-state index is 14.2. The van der Waals surface area contributed by atoms with Gasteiger partial charge in [0.05, 0.1) is 17.2 Å². The average Bonchev–Trinajstić information content (AvgIpc) is 2.60. The summed E-state index contributed by atoms with van der Waals surface area (Å²) in [5, 5.41) is -0.613. The topological polar surface area (TPSA) is 78.9 Å². The first-order valence-corrected chi connectivity index (χ1v) is 11.0. The lowest BCUT2D eigenvalue weighted by Gasteiger charge is -2.29. The van der Waals surface area contributed by atoms with Gasteiger partial charge in [0.15, 0.2) is 11.9 Å². The third kappa shape index (κ3) is 5.62. The maximum absolute atomic E-state index is 14.2. The van der Waals surface area contributed by atoms with Crippen molar-refractivity contribution in [3.63, 3.8) is 0 Å². The quantitative estimate of drug-likeness (QED) is 0.223. The molecule has 2 aromatic carbocycles. The van der Waals surface area contributed by atoms with Crippen molar-refractivity contribution in [2.75, 3.05) is 6.61 Å². The maximum Gasteiger partial charge on any atom is 0.534 e. The van der Waals surface area contributed by atoms with Crippen molar-refractivity contribution in [3.05, 3.63) is 40.2 Å². The van der Waals surface area contributed by atoms with E-state index < -0.39 is 44.9 Å². The van der Waals surface area contributed by atoms with E-state index >= 15 is 0 Å². The van der Waals surface area contributed by atoms with Crippen LogP contribution in [0.1, 0.15) is 44.9 Å². The van der Waals surface area contributed by atoms with Crippen molar-refractivity contribution in [1.29, 1.82) is 0 Å². The van der Waals surface area contributed by atoms with Crippen molar-refractivity contribution in [1.82, 2.24) is 0 Å². The van der Waals surface area contributed by atoms with Gasteiger partial charge < -0.3 is 13.7 Å². The van der Waals surface area contributed by atoms with Crippen molar-refractivity contribution in [2.45, 2.75) is 51.8 Å². The Balaban J connectivity index is 2.95. The highest BCUT2D eigenvalue weighted by molar-refractivity contribution is 7.88. The number of ether oxygens (including phenoxy) is 2. The molecular weight excluding hydrogens is 480 g/mol. The predicted molar refractivity (Wildman–Crippen MR) is 109 cm³/mol. The summed E-state index contributed by atoms with van der Waals surface area (Å²) in [7, 11) is -6.18. The fraction of sp³-hybridized carbons (Fsp3) is 0.450. The fourth-order valence-electron chi connectivity index (χ4n) is 2.88. The van der Waals surface area contributed by atoms with Crippen LogP contribution in [-0.4, -0.2) is 32.1 Å². The molecule has 32 heavy (non-hydrogen) atoms. The van der Waals surface area contributed by atoms with E-state index in [2.05, 4.69) is 4.18 Å².